The minimum Gasteiger partial charge on any atom is -0.456 e. The average molecular weight is 792 g/mol. The van der Waals surface area contributed by atoms with Crippen LogP contribution >= 0.6 is 0 Å². The number of anilines is 3. The normalized spacial score (nSPS) is 14.3. The van der Waals surface area contributed by atoms with Gasteiger partial charge in [0.15, 0.2) is 0 Å². The number of fused-ring (bicyclic) bond motifs is 7. The Kier molecular flexibility index (Phi) is 8.33. The first-order valence-electron chi connectivity index (χ1n) is 21.4. The van der Waals surface area contributed by atoms with Crippen LogP contribution in [0.5, 0.6) is 0 Å². The molecule has 292 valence electrons. The second kappa shape index (κ2) is 14.4. The summed E-state index contributed by atoms with van der Waals surface area (Å²) in [4.78, 5) is 2.50. The molecule has 0 amide bonds. The van der Waals surface area contributed by atoms with E-state index in [9.17, 15) is 0 Å². The molecule has 1 atom stereocenters. The van der Waals surface area contributed by atoms with Crippen LogP contribution in [0.3, 0.4) is 0 Å². The fraction of sp³-hybridized carbons (Fsp3) is 0.0333. The van der Waals surface area contributed by atoms with E-state index >= 15 is 0 Å². The van der Waals surface area contributed by atoms with Crippen molar-refractivity contribution in [1.29, 1.82) is 0 Å². The largest absolute Gasteiger partial charge is 0.456 e. The third-order valence-corrected chi connectivity index (χ3v) is 13.2. The molecule has 1 aliphatic carbocycles. The van der Waals surface area contributed by atoms with E-state index in [1.807, 2.05) is 12.1 Å². The number of benzene rings is 10. The fourth-order valence-electron chi connectivity index (χ4n) is 10.2. The smallest absolute Gasteiger partial charge is 0.135 e. The van der Waals surface area contributed by atoms with Crippen LogP contribution in [0.25, 0.3) is 77.2 Å². The predicted molar refractivity (Wildman–Crippen MR) is 260 cm³/mol. The van der Waals surface area contributed by atoms with Crippen LogP contribution in [-0.2, 0) is 5.41 Å². The highest BCUT2D eigenvalue weighted by atomic mass is 16.3. The summed E-state index contributed by atoms with van der Waals surface area (Å²) >= 11 is 0. The van der Waals surface area contributed by atoms with Crippen molar-refractivity contribution in [3.63, 3.8) is 0 Å². The molecule has 11 aromatic rings. The van der Waals surface area contributed by atoms with Gasteiger partial charge in [0.05, 0.1) is 11.4 Å². The summed E-state index contributed by atoms with van der Waals surface area (Å²) in [5.41, 5.74) is 18.2. The SMILES string of the molecule is CC1(c2ccccc2)c2ccccc2-c2ccc(N(c3ccccc3-c3ccc4oc5ccccc5c4c3)c3ccccc3-c3cccc4cccc(-c5ccccc5)c34)cc21. The maximum absolute atomic E-state index is 6.32. The standard InChI is InChI=1S/C60H41NO/c1-60(43-22-6-3-7-23-43)53-30-12-8-25-47(53)48-36-35-44(39-54(48)60)61(55-31-13-9-24-45(55)42-34-37-58-52(38-42)50-27-11-15-33-57(50)62-58)56-32-14-10-26-49(56)51-29-17-21-41-20-16-28-46(59(41)51)40-18-4-2-5-19-40/h2-39H,1H3. The first kappa shape index (κ1) is 36.0. The molecule has 1 aromatic heterocycles. The summed E-state index contributed by atoms with van der Waals surface area (Å²) in [5.74, 6) is 0. The van der Waals surface area contributed by atoms with Gasteiger partial charge in [0, 0.05) is 33.0 Å². The van der Waals surface area contributed by atoms with Gasteiger partial charge in [-0.1, -0.05) is 188 Å². The van der Waals surface area contributed by atoms with Crippen molar-refractivity contribution in [2.24, 2.45) is 0 Å². The third kappa shape index (κ3) is 5.57. The zero-order valence-electron chi connectivity index (χ0n) is 34.3. The molecule has 2 heteroatoms. The Balaban J connectivity index is 1.13. The fourth-order valence-corrected chi connectivity index (χ4v) is 10.2. The van der Waals surface area contributed by atoms with E-state index in [2.05, 4.69) is 230 Å². The Morgan fingerprint density at radius 3 is 1.77 bits per heavy atom. The van der Waals surface area contributed by atoms with Gasteiger partial charge >= 0.3 is 0 Å². The van der Waals surface area contributed by atoms with Gasteiger partial charge in [-0.05, 0) is 110 Å². The zero-order valence-corrected chi connectivity index (χ0v) is 34.3. The minimum absolute atomic E-state index is 0.360. The molecule has 0 aliphatic heterocycles. The monoisotopic (exact) mass is 791 g/mol. The molecule has 0 spiro atoms. The van der Waals surface area contributed by atoms with E-state index in [4.69, 9.17) is 4.42 Å². The summed E-state index contributed by atoms with van der Waals surface area (Å²) < 4.78 is 6.32. The quantitative estimate of drug-likeness (QED) is 0.160. The summed E-state index contributed by atoms with van der Waals surface area (Å²) in [6.45, 7) is 2.40. The number of hydrogen-bond donors (Lipinski definition) is 0. The molecule has 0 radical (unpaired) electrons. The lowest BCUT2D eigenvalue weighted by atomic mass is 9.74. The van der Waals surface area contributed by atoms with Crippen LogP contribution < -0.4 is 4.90 Å². The van der Waals surface area contributed by atoms with E-state index in [-0.39, 0.29) is 5.41 Å². The maximum Gasteiger partial charge on any atom is 0.135 e. The van der Waals surface area contributed by atoms with Gasteiger partial charge in [0.25, 0.3) is 0 Å². The number of nitrogens with zero attached hydrogens (tertiary/aromatic N) is 1. The highest BCUT2D eigenvalue weighted by molar-refractivity contribution is 6.10. The van der Waals surface area contributed by atoms with Crippen molar-refractivity contribution in [2.45, 2.75) is 12.3 Å². The zero-order chi connectivity index (χ0) is 41.2. The lowest BCUT2D eigenvalue weighted by molar-refractivity contribution is 0.669. The Bertz CT molecular complexity index is 3490. The van der Waals surface area contributed by atoms with Crippen molar-refractivity contribution < 1.29 is 4.42 Å². The summed E-state index contributed by atoms with van der Waals surface area (Å²) in [5, 5.41) is 4.67. The summed E-state index contributed by atoms with van der Waals surface area (Å²) in [7, 11) is 0. The minimum atomic E-state index is -0.360. The van der Waals surface area contributed by atoms with Crippen molar-refractivity contribution in [1.82, 2.24) is 0 Å². The Hall–Kier alpha value is -7.94. The Labute approximate surface area is 361 Å². The Morgan fingerprint density at radius 1 is 0.371 bits per heavy atom. The van der Waals surface area contributed by atoms with E-state index in [0.29, 0.717) is 0 Å². The van der Waals surface area contributed by atoms with Crippen LogP contribution in [-0.4, -0.2) is 0 Å². The number of hydrogen-bond acceptors (Lipinski definition) is 2. The molecule has 1 unspecified atom stereocenters. The molecule has 0 bridgehead atoms. The van der Waals surface area contributed by atoms with Crippen LogP contribution in [0.2, 0.25) is 0 Å². The van der Waals surface area contributed by atoms with Crippen LogP contribution in [0.4, 0.5) is 17.1 Å². The van der Waals surface area contributed by atoms with Crippen molar-refractivity contribution in [3.8, 4) is 44.5 Å². The topological polar surface area (TPSA) is 16.4 Å². The lowest BCUT2D eigenvalue weighted by Crippen LogP contribution is -2.23. The molecule has 0 fully saturated rings. The van der Waals surface area contributed by atoms with Crippen molar-refractivity contribution in [2.75, 3.05) is 4.90 Å². The molecular weight excluding hydrogens is 751 g/mol. The molecule has 1 heterocycles. The number of rotatable bonds is 7. The summed E-state index contributed by atoms with van der Waals surface area (Å²) in [6, 6.07) is 84.0. The number of furan rings is 1. The third-order valence-electron chi connectivity index (χ3n) is 13.2. The van der Waals surface area contributed by atoms with Gasteiger partial charge in [0.1, 0.15) is 11.2 Å². The first-order chi connectivity index (χ1) is 30.6. The van der Waals surface area contributed by atoms with Gasteiger partial charge in [-0.3, -0.25) is 0 Å². The van der Waals surface area contributed by atoms with Crippen LogP contribution in [0.15, 0.2) is 235 Å². The molecule has 12 rings (SSSR count). The van der Waals surface area contributed by atoms with Gasteiger partial charge in [-0.2, -0.15) is 0 Å². The maximum atomic E-state index is 6.32. The molecule has 2 nitrogen and oxygen atoms in total. The van der Waals surface area contributed by atoms with Crippen molar-refractivity contribution in [3.05, 3.63) is 247 Å². The summed E-state index contributed by atoms with van der Waals surface area (Å²) in [6.07, 6.45) is 0. The van der Waals surface area contributed by atoms with E-state index in [0.717, 1.165) is 55.7 Å². The lowest BCUT2D eigenvalue weighted by Gasteiger charge is -2.32. The van der Waals surface area contributed by atoms with Crippen LogP contribution in [0.1, 0.15) is 23.6 Å². The van der Waals surface area contributed by atoms with E-state index in [1.54, 1.807) is 0 Å². The molecule has 62 heavy (non-hydrogen) atoms. The molecule has 0 saturated carbocycles. The average Bonchev–Trinajstić information content (AvgIpc) is 3.84. The Morgan fingerprint density at radius 2 is 0.968 bits per heavy atom. The van der Waals surface area contributed by atoms with E-state index < -0.39 is 0 Å². The molecule has 0 N–H and O–H groups in total. The second-order valence-electron chi connectivity index (χ2n) is 16.5. The number of para-hydroxylation sites is 3. The van der Waals surface area contributed by atoms with Gasteiger partial charge < -0.3 is 9.32 Å². The molecule has 0 saturated heterocycles. The molecule has 10 aromatic carbocycles. The van der Waals surface area contributed by atoms with Gasteiger partial charge in [-0.15, -0.1) is 0 Å². The van der Waals surface area contributed by atoms with E-state index in [1.165, 1.54) is 55.3 Å². The first-order valence-corrected chi connectivity index (χ1v) is 21.4. The highest BCUT2D eigenvalue weighted by Crippen LogP contribution is 2.55. The second-order valence-corrected chi connectivity index (χ2v) is 16.5. The molecular formula is C60H41NO. The van der Waals surface area contributed by atoms with Crippen LogP contribution in [0, 0.1) is 0 Å². The van der Waals surface area contributed by atoms with Gasteiger partial charge in [-0.25, -0.2) is 0 Å². The highest BCUT2D eigenvalue weighted by Gasteiger charge is 2.41. The van der Waals surface area contributed by atoms with Gasteiger partial charge in [0.2, 0.25) is 0 Å². The predicted octanol–water partition coefficient (Wildman–Crippen LogP) is 16.5. The van der Waals surface area contributed by atoms with Crippen molar-refractivity contribution >= 4 is 49.8 Å². The molecule has 1 aliphatic rings.